The second-order valence-corrected chi connectivity index (χ2v) is 7.10. The van der Waals surface area contributed by atoms with E-state index >= 15 is 0 Å². The minimum Gasteiger partial charge on any atom is -0.506 e. The summed E-state index contributed by atoms with van der Waals surface area (Å²) in [4.78, 5) is 9.61. The van der Waals surface area contributed by atoms with Gasteiger partial charge in [0.1, 0.15) is 23.7 Å². The molecule has 0 aromatic carbocycles. The second-order valence-electron chi connectivity index (χ2n) is 7.10. The first-order valence-electron chi connectivity index (χ1n) is 9.18. The van der Waals surface area contributed by atoms with E-state index in [1.165, 1.54) is 23.5 Å². The van der Waals surface area contributed by atoms with Crippen LogP contribution in [0.25, 0.3) is 0 Å². The third-order valence-electron chi connectivity index (χ3n) is 4.98. The van der Waals surface area contributed by atoms with Gasteiger partial charge in [-0.05, 0) is 18.9 Å². The highest BCUT2D eigenvalue weighted by Crippen LogP contribution is 2.34. The predicted molar refractivity (Wildman–Crippen MR) is 104 cm³/mol. The Hall–Kier alpha value is -3.04. The molecule has 10 heteroatoms. The lowest BCUT2D eigenvalue weighted by atomic mass is 9.85. The third kappa shape index (κ3) is 4.52. The largest absolute Gasteiger partial charge is 0.506 e. The SMILES string of the molecule is CN/C=C(\O)C1=C(F)C=C(N)C(C(=N)c2cc(N3CCCC(F)(F)C3)ncn2)C1. The van der Waals surface area contributed by atoms with Gasteiger partial charge in [-0.15, -0.1) is 0 Å². The smallest absolute Gasteiger partial charge is 0.265 e. The van der Waals surface area contributed by atoms with Crippen molar-refractivity contribution >= 4 is 11.5 Å². The summed E-state index contributed by atoms with van der Waals surface area (Å²) in [5.74, 6) is -4.17. The first kappa shape index (κ1) is 20.7. The van der Waals surface area contributed by atoms with Crippen LogP contribution in [-0.4, -0.2) is 46.8 Å². The van der Waals surface area contributed by atoms with Gasteiger partial charge in [0.05, 0.1) is 18.0 Å². The van der Waals surface area contributed by atoms with E-state index in [9.17, 15) is 18.3 Å². The molecule has 1 atom stereocenters. The van der Waals surface area contributed by atoms with Gasteiger partial charge in [-0.25, -0.2) is 23.1 Å². The molecule has 2 heterocycles. The Labute approximate surface area is 166 Å². The molecule has 1 fully saturated rings. The van der Waals surface area contributed by atoms with E-state index < -0.39 is 24.2 Å². The van der Waals surface area contributed by atoms with Crippen molar-refractivity contribution in [1.29, 1.82) is 5.41 Å². The van der Waals surface area contributed by atoms with Crippen molar-refractivity contribution in [2.75, 3.05) is 25.0 Å². The fourth-order valence-corrected chi connectivity index (χ4v) is 3.48. The molecule has 1 saturated heterocycles. The Morgan fingerprint density at radius 3 is 2.90 bits per heavy atom. The normalized spacial score (nSPS) is 22.3. The number of hydrogen-bond acceptors (Lipinski definition) is 7. The minimum absolute atomic E-state index is 0.00609. The molecule has 1 aliphatic carbocycles. The highest BCUT2D eigenvalue weighted by atomic mass is 19.3. The van der Waals surface area contributed by atoms with Crippen molar-refractivity contribution in [3.63, 3.8) is 0 Å². The van der Waals surface area contributed by atoms with Gasteiger partial charge in [0.15, 0.2) is 0 Å². The van der Waals surface area contributed by atoms with Gasteiger partial charge in [-0.2, -0.15) is 0 Å². The quantitative estimate of drug-likeness (QED) is 0.440. The van der Waals surface area contributed by atoms with Crippen LogP contribution in [0.2, 0.25) is 0 Å². The van der Waals surface area contributed by atoms with Crippen LogP contribution >= 0.6 is 0 Å². The van der Waals surface area contributed by atoms with E-state index in [1.54, 1.807) is 7.05 Å². The van der Waals surface area contributed by atoms with Crippen LogP contribution in [0.3, 0.4) is 0 Å². The minimum atomic E-state index is -2.79. The van der Waals surface area contributed by atoms with Gasteiger partial charge >= 0.3 is 0 Å². The van der Waals surface area contributed by atoms with Crippen molar-refractivity contribution in [2.24, 2.45) is 11.7 Å². The average Bonchev–Trinajstić information content (AvgIpc) is 2.67. The first-order chi connectivity index (χ1) is 13.7. The Kier molecular flexibility index (Phi) is 5.81. The zero-order valence-electron chi connectivity index (χ0n) is 15.9. The highest BCUT2D eigenvalue weighted by molar-refractivity contribution is 6.00. The summed E-state index contributed by atoms with van der Waals surface area (Å²) in [6.07, 6.45) is 3.68. The molecule has 0 saturated carbocycles. The molecule has 0 amide bonds. The van der Waals surface area contributed by atoms with E-state index in [2.05, 4.69) is 15.3 Å². The van der Waals surface area contributed by atoms with Crippen molar-refractivity contribution in [2.45, 2.75) is 25.2 Å². The van der Waals surface area contributed by atoms with E-state index in [4.69, 9.17) is 11.1 Å². The van der Waals surface area contributed by atoms with Gasteiger partial charge in [-0.3, -0.25) is 0 Å². The van der Waals surface area contributed by atoms with Crippen LogP contribution in [0.4, 0.5) is 19.0 Å². The van der Waals surface area contributed by atoms with Crippen LogP contribution in [0.5, 0.6) is 0 Å². The van der Waals surface area contributed by atoms with Crippen LogP contribution in [0, 0.1) is 11.3 Å². The van der Waals surface area contributed by atoms with E-state index in [0.717, 1.165) is 6.08 Å². The molecule has 1 aromatic heterocycles. The molecule has 7 nitrogen and oxygen atoms in total. The molecule has 0 bridgehead atoms. The third-order valence-corrected chi connectivity index (χ3v) is 4.98. The topological polar surface area (TPSA) is 111 Å². The zero-order valence-corrected chi connectivity index (χ0v) is 15.9. The summed E-state index contributed by atoms with van der Waals surface area (Å²) >= 11 is 0. The molecule has 2 aliphatic rings. The van der Waals surface area contributed by atoms with E-state index in [-0.39, 0.29) is 41.3 Å². The van der Waals surface area contributed by atoms with Gasteiger partial charge in [0, 0.05) is 49.5 Å². The lowest BCUT2D eigenvalue weighted by molar-refractivity contribution is -0.0118. The van der Waals surface area contributed by atoms with Gasteiger partial charge in [-0.1, -0.05) is 0 Å². The monoisotopic (exact) mass is 408 g/mol. The number of halogens is 3. The number of rotatable bonds is 5. The number of nitrogens with zero attached hydrogens (tertiary/aromatic N) is 3. The molecule has 0 radical (unpaired) electrons. The number of allylic oxidation sites excluding steroid dienone is 4. The maximum Gasteiger partial charge on any atom is 0.265 e. The van der Waals surface area contributed by atoms with Crippen molar-refractivity contribution in [1.82, 2.24) is 15.3 Å². The van der Waals surface area contributed by atoms with Gasteiger partial charge in [0.2, 0.25) is 0 Å². The number of nitrogens with two attached hydrogens (primary N) is 1. The summed E-state index contributed by atoms with van der Waals surface area (Å²) in [6, 6.07) is 1.47. The fraction of sp³-hybridized carbons (Fsp3) is 0.421. The van der Waals surface area contributed by atoms with Gasteiger partial charge in [0.25, 0.3) is 5.92 Å². The lowest BCUT2D eigenvalue weighted by Crippen LogP contribution is -2.43. The molecule has 0 spiro atoms. The summed E-state index contributed by atoms with van der Waals surface area (Å²) in [7, 11) is 1.56. The summed E-state index contributed by atoms with van der Waals surface area (Å²) in [5.41, 5.74) is 6.29. The molecule has 1 aliphatic heterocycles. The maximum absolute atomic E-state index is 14.2. The fourth-order valence-electron chi connectivity index (χ4n) is 3.48. The molecule has 1 aromatic rings. The number of nitrogens with one attached hydrogen (secondary N) is 2. The highest BCUT2D eigenvalue weighted by Gasteiger charge is 2.36. The molecule has 156 valence electrons. The van der Waals surface area contributed by atoms with Crippen LogP contribution < -0.4 is 16.0 Å². The first-order valence-corrected chi connectivity index (χ1v) is 9.18. The number of aliphatic hydroxyl groups is 1. The number of aliphatic hydroxyl groups excluding tert-OH is 1. The Morgan fingerprint density at radius 1 is 1.45 bits per heavy atom. The molecule has 5 N–H and O–H groups in total. The van der Waals surface area contributed by atoms with Gasteiger partial charge < -0.3 is 26.5 Å². The molecular weight excluding hydrogens is 385 g/mol. The summed E-state index contributed by atoms with van der Waals surface area (Å²) in [5, 5.41) is 21.1. The number of hydrogen-bond donors (Lipinski definition) is 4. The molecular formula is C19H23F3N6O. The second kappa shape index (κ2) is 8.14. The lowest BCUT2D eigenvalue weighted by Gasteiger charge is -2.33. The Balaban J connectivity index is 1.84. The standard InChI is InChI=1S/C19H23F3N6O/c1-25-8-16(29)11-5-12(14(23)6-13(11)20)18(24)15-7-17(27-10-26-15)28-4-2-3-19(21,22)9-28/h6-8,10,12,24-25,29H,2-5,9,23H2,1H3/b16-8-,24-18?. The summed E-state index contributed by atoms with van der Waals surface area (Å²) < 4.78 is 41.7. The molecule has 29 heavy (non-hydrogen) atoms. The predicted octanol–water partition coefficient (Wildman–Crippen LogP) is 2.78. The van der Waals surface area contributed by atoms with Crippen LogP contribution in [-0.2, 0) is 0 Å². The zero-order chi connectivity index (χ0) is 21.2. The van der Waals surface area contributed by atoms with Crippen LogP contribution in [0.1, 0.15) is 25.0 Å². The van der Waals surface area contributed by atoms with Crippen LogP contribution in [0.15, 0.2) is 47.5 Å². The van der Waals surface area contributed by atoms with Crippen molar-refractivity contribution in [3.8, 4) is 0 Å². The number of aromatic nitrogens is 2. The Morgan fingerprint density at radius 2 is 2.21 bits per heavy atom. The van der Waals surface area contributed by atoms with E-state index in [0.29, 0.717) is 18.8 Å². The van der Waals surface area contributed by atoms with Crippen molar-refractivity contribution < 1.29 is 18.3 Å². The molecule has 3 rings (SSSR count). The number of alkyl halides is 2. The number of piperidine rings is 1. The van der Waals surface area contributed by atoms with Crippen molar-refractivity contribution in [3.05, 3.63) is 53.2 Å². The molecule has 1 unspecified atom stereocenters. The Bertz CT molecular complexity index is 896. The maximum atomic E-state index is 14.2. The number of anilines is 1. The summed E-state index contributed by atoms with van der Waals surface area (Å²) in [6.45, 7) is -0.00529. The average molecular weight is 408 g/mol. The van der Waals surface area contributed by atoms with E-state index in [1.807, 2.05) is 0 Å².